The molecule has 0 fully saturated rings. The molecule has 204 valence electrons. The lowest BCUT2D eigenvalue weighted by atomic mass is 10.1. The standard InChI is InChI=1S/C31H26FNO6S/c1-38-24-12-14-30-28(17-24)23(10-15-31(34)35)19-33(30)40(36,37)26-9-5-8-22(16-26)27-13-11-25(18-29(27)32)39-20-21-6-3-2-4-7-21/h2-9,11-14,16-19H,10,15,20H2,1H3,(H,34,35). The van der Waals surface area contributed by atoms with Crippen LogP contribution in [0, 0.1) is 5.82 Å². The summed E-state index contributed by atoms with van der Waals surface area (Å²) in [6.45, 7) is 0.290. The number of rotatable bonds is 10. The Bertz CT molecular complexity index is 1800. The average Bonchev–Trinajstić information content (AvgIpc) is 3.34. The molecule has 0 saturated carbocycles. The van der Waals surface area contributed by atoms with Gasteiger partial charge in [-0.05, 0) is 65.6 Å². The third-order valence-corrected chi connectivity index (χ3v) is 8.23. The predicted molar refractivity (Wildman–Crippen MR) is 150 cm³/mol. The van der Waals surface area contributed by atoms with Crippen LogP contribution in [0.3, 0.4) is 0 Å². The van der Waals surface area contributed by atoms with Crippen LogP contribution < -0.4 is 9.47 Å². The topological polar surface area (TPSA) is 94.8 Å². The van der Waals surface area contributed by atoms with Crippen molar-refractivity contribution in [3.63, 3.8) is 0 Å². The molecule has 0 atom stereocenters. The van der Waals surface area contributed by atoms with Crippen molar-refractivity contribution in [2.75, 3.05) is 7.11 Å². The van der Waals surface area contributed by atoms with Crippen molar-refractivity contribution in [2.24, 2.45) is 0 Å². The lowest BCUT2D eigenvalue weighted by Crippen LogP contribution is -2.12. The largest absolute Gasteiger partial charge is 0.497 e. The molecule has 0 aliphatic carbocycles. The van der Waals surface area contributed by atoms with Crippen LogP contribution in [-0.4, -0.2) is 30.6 Å². The molecule has 5 rings (SSSR count). The van der Waals surface area contributed by atoms with Gasteiger partial charge in [0.05, 0.1) is 17.5 Å². The van der Waals surface area contributed by atoms with Crippen LogP contribution in [-0.2, 0) is 27.8 Å². The molecule has 5 aromatic rings. The van der Waals surface area contributed by atoms with Crippen LogP contribution in [0.25, 0.3) is 22.0 Å². The number of ether oxygens (including phenoxy) is 2. The van der Waals surface area contributed by atoms with E-state index in [0.29, 0.717) is 40.1 Å². The Balaban J connectivity index is 1.47. The first-order valence-electron chi connectivity index (χ1n) is 12.5. The van der Waals surface area contributed by atoms with E-state index in [1.54, 1.807) is 42.5 Å². The fourth-order valence-corrected chi connectivity index (χ4v) is 5.95. The monoisotopic (exact) mass is 559 g/mol. The number of hydrogen-bond acceptors (Lipinski definition) is 5. The molecule has 40 heavy (non-hydrogen) atoms. The number of nitrogens with zero attached hydrogens (tertiary/aromatic N) is 1. The maximum atomic E-state index is 15.2. The van der Waals surface area contributed by atoms with Crippen LogP contribution in [0.5, 0.6) is 11.5 Å². The molecule has 9 heteroatoms. The van der Waals surface area contributed by atoms with Gasteiger partial charge < -0.3 is 14.6 Å². The summed E-state index contributed by atoms with van der Waals surface area (Å²) in [4.78, 5) is 11.2. The second-order valence-electron chi connectivity index (χ2n) is 9.18. The van der Waals surface area contributed by atoms with Gasteiger partial charge in [0, 0.05) is 29.6 Å². The number of halogens is 1. The molecule has 1 heterocycles. The smallest absolute Gasteiger partial charge is 0.303 e. The van der Waals surface area contributed by atoms with Crippen molar-refractivity contribution in [3.05, 3.63) is 114 Å². The van der Waals surface area contributed by atoms with E-state index >= 15 is 4.39 Å². The first kappa shape index (κ1) is 27.0. The highest BCUT2D eigenvalue weighted by atomic mass is 32.2. The number of carboxylic acid groups (broad SMARTS) is 1. The third-order valence-electron chi connectivity index (χ3n) is 6.56. The van der Waals surface area contributed by atoms with Gasteiger partial charge in [-0.3, -0.25) is 4.79 Å². The van der Waals surface area contributed by atoms with E-state index in [4.69, 9.17) is 14.6 Å². The Kier molecular flexibility index (Phi) is 7.57. The molecule has 0 aliphatic heterocycles. The molecular formula is C31H26FNO6S. The SMILES string of the molecule is COc1ccc2c(c1)c(CCC(=O)O)cn2S(=O)(=O)c1cccc(-c2ccc(OCc3ccccc3)cc2F)c1. The third kappa shape index (κ3) is 5.55. The highest BCUT2D eigenvalue weighted by molar-refractivity contribution is 7.90. The summed E-state index contributed by atoms with van der Waals surface area (Å²) in [6, 6.07) is 25.0. The Morgan fingerprint density at radius 3 is 2.42 bits per heavy atom. The lowest BCUT2D eigenvalue weighted by Gasteiger charge is -2.11. The van der Waals surface area contributed by atoms with Crippen molar-refractivity contribution >= 4 is 26.9 Å². The Morgan fingerprint density at radius 2 is 1.70 bits per heavy atom. The fraction of sp³-hybridized carbons (Fsp3) is 0.129. The summed E-state index contributed by atoms with van der Waals surface area (Å²) in [7, 11) is -2.61. The maximum absolute atomic E-state index is 15.2. The minimum absolute atomic E-state index is 0.0358. The van der Waals surface area contributed by atoms with E-state index in [1.165, 1.54) is 31.5 Å². The van der Waals surface area contributed by atoms with Crippen molar-refractivity contribution < 1.29 is 32.2 Å². The number of aromatic nitrogens is 1. The second kappa shape index (κ2) is 11.2. The number of aliphatic carboxylic acids is 1. The van der Waals surface area contributed by atoms with Crippen LogP contribution >= 0.6 is 0 Å². The number of methoxy groups -OCH3 is 1. The normalized spacial score (nSPS) is 11.4. The molecule has 1 N–H and O–H groups in total. The van der Waals surface area contributed by atoms with Gasteiger partial charge in [0.15, 0.2) is 0 Å². The molecule has 7 nitrogen and oxygen atoms in total. The van der Waals surface area contributed by atoms with Gasteiger partial charge in [-0.15, -0.1) is 0 Å². The summed E-state index contributed by atoms with van der Waals surface area (Å²) < 4.78 is 54.9. The summed E-state index contributed by atoms with van der Waals surface area (Å²) in [5.41, 5.74) is 2.52. The van der Waals surface area contributed by atoms with Gasteiger partial charge >= 0.3 is 5.97 Å². The molecule has 0 aliphatic rings. The minimum Gasteiger partial charge on any atom is -0.497 e. The maximum Gasteiger partial charge on any atom is 0.303 e. The second-order valence-corrected chi connectivity index (χ2v) is 11.0. The van der Waals surface area contributed by atoms with E-state index < -0.39 is 21.8 Å². The van der Waals surface area contributed by atoms with E-state index in [9.17, 15) is 13.2 Å². The molecule has 0 radical (unpaired) electrons. The molecule has 1 aromatic heterocycles. The number of aryl methyl sites for hydroxylation is 1. The Hall–Kier alpha value is -4.63. The number of benzene rings is 4. The lowest BCUT2D eigenvalue weighted by molar-refractivity contribution is -0.136. The summed E-state index contributed by atoms with van der Waals surface area (Å²) >= 11 is 0. The highest BCUT2D eigenvalue weighted by Gasteiger charge is 2.23. The number of fused-ring (bicyclic) bond motifs is 1. The Labute approximate surface area is 231 Å². The molecule has 0 amide bonds. The van der Waals surface area contributed by atoms with Crippen molar-refractivity contribution in [3.8, 4) is 22.6 Å². The van der Waals surface area contributed by atoms with Gasteiger partial charge in [0.25, 0.3) is 10.0 Å². The van der Waals surface area contributed by atoms with Crippen LogP contribution in [0.1, 0.15) is 17.5 Å². The molecule has 4 aromatic carbocycles. The molecule has 0 bridgehead atoms. The van der Waals surface area contributed by atoms with Crippen molar-refractivity contribution in [1.82, 2.24) is 3.97 Å². The van der Waals surface area contributed by atoms with Gasteiger partial charge in [0.2, 0.25) is 0 Å². The van der Waals surface area contributed by atoms with Crippen molar-refractivity contribution in [1.29, 1.82) is 0 Å². The predicted octanol–water partition coefficient (Wildman–Crippen LogP) is 6.29. The van der Waals surface area contributed by atoms with Gasteiger partial charge in [-0.2, -0.15) is 0 Å². The first-order valence-corrected chi connectivity index (χ1v) is 13.9. The van der Waals surface area contributed by atoms with Gasteiger partial charge in [0.1, 0.15) is 23.9 Å². The average molecular weight is 560 g/mol. The Morgan fingerprint density at radius 1 is 0.925 bits per heavy atom. The molecule has 0 unspecified atom stereocenters. The van der Waals surface area contributed by atoms with Crippen molar-refractivity contribution in [2.45, 2.75) is 24.3 Å². The molecule has 0 saturated heterocycles. The number of hydrogen-bond donors (Lipinski definition) is 1. The molecule has 0 spiro atoms. The zero-order chi connectivity index (χ0) is 28.3. The van der Waals surface area contributed by atoms with E-state index in [-0.39, 0.29) is 23.3 Å². The minimum atomic E-state index is -4.11. The molecular weight excluding hydrogens is 533 g/mol. The zero-order valence-corrected chi connectivity index (χ0v) is 22.4. The van der Waals surface area contributed by atoms with E-state index in [2.05, 4.69) is 0 Å². The highest BCUT2D eigenvalue weighted by Crippen LogP contribution is 2.32. The summed E-state index contributed by atoms with van der Waals surface area (Å²) in [5.74, 6) is -0.655. The van der Waals surface area contributed by atoms with E-state index in [1.807, 2.05) is 30.3 Å². The van der Waals surface area contributed by atoms with Gasteiger partial charge in [-0.25, -0.2) is 16.8 Å². The quantitative estimate of drug-likeness (QED) is 0.216. The first-order chi connectivity index (χ1) is 19.3. The van der Waals surface area contributed by atoms with Crippen LogP contribution in [0.4, 0.5) is 4.39 Å². The summed E-state index contributed by atoms with van der Waals surface area (Å²) in [5, 5.41) is 9.75. The van der Waals surface area contributed by atoms with Gasteiger partial charge in [-0.1, -0.05) is 42.5 Å². The summed E-state index contributed by atoms with van der Waals surface area (Å²) in [6.07, 6.45) is 1.43. The van der Waals surface area contributed by atoms with E-state index in [0.717, 1.165) is 9.54 Å². The van der Waals surface area contributed by atoms with Crippen LogP contribution in [0.15, 0.2) is 102 Å². The zero-order valence-electron chi connectivity index (χ0n) is 21.6. The number of carbonyl (C=O) groups is 1. The fourth-order valence-electron chi connectivity index (χ4n) is 4.51. The van der Waals surface area contributed by atoms with Crippen LogP contribution in [0.2, 0.25) is 0 Å². The number of carboxylic acids is 1.